The Bertz CT molecular complexity index is 819. The van der Waals surface area contributed by atoms with Crippen molar-refractivity contribution in [2.75, 3.05) is 39.6 Å². The van der Waals surface area contributed by atoms with E-state index in [0.29, 0.717) is 39.3 Å². The normalized spacial score (nSPS) is 23.3. The molecule has 1 aromatic heterocycles. The summed E-state index contributed by atoms with van der Waals surface area (Å²) in [7, 11) is 0. The Hall–Kier alpha value is -1.93. The third kappa shape index (κ3) is 4.80. The van der Waals surface area contributed by atoms with E-state index in [-0.39, 0.29) is 28.6 Å². The van der Waals surface area contributed by atoms with Gasteiger partial charge in [-0.25, -0.2) is 0 Å². The predicted octanol–water partition coefficient (Wildman–Crippen LogP) is 2.13. The van der Waals surface area contributed by atoms with Crippen molar-refractivity contribution >= 4 is 11.9 Å². The number of carbonyl (C=O) groups is 2. The second kappa shape index (κ2) is 8.90. The molecule has 0 radical (unpaired) electrons. The smallest absolute Gasteiger partial charge is 0.311 e. The number of carbonyl (C=O) groups excluding carboxylic acids is 2. The molecule has 4 heterocycles. The van der Waals surface area contributed by atoms with E-state index in [0.717, 1.165) is 55.8 Å². The first-order chi connectivity index (χ1) is 14.8. The fourth-order valence-corrected chi connectivity index (χ4v) is 4.86. The maximum atomic E-state index is 13.0. The van der Waals surface area contributed by atoms with Crippen LogP contribution in [0.5, 0.6) is 0 Å². The highest BCUT2D eigenvalue weighted by Gasteiger charge is 2.40. The second-order valence-electron chi connectivity index (χ2n) is 10.1. The van der Waals surface area contributed by atoms with E-state index in [9.17, 15) is 9.59 Å². The van der Waals surface area contributed by atoms with Crippen LogP contribution in [0, 0.1) is 16.7 Å². The van der Waals surface area contributed by atoms with E-state index in [2.05, 4.69) is 19.2 Å². The molecule has 3 aliphatic heterocycles. The summed E-state index contributed by atoms with van der Waals surface area (Å²) < 4.78 is 18.5. The lowest BCUT2D eigenvalue weighted by atomic mass is 9.76. The van der Waals surface area contributed by atoms with Gasteiger partial charge in [0, 0.05) is 38.3 Å². The molecule has 31 heavy (non-hydrogen) atoms. The highest BCUT2D eigenvalue weighted by molar-refractivity contribution is 5.97. The maximum Gasteiger partial charge on any atom is 0.311 e. The topological polar surface area (TPSA) is 91.7 Å². The van der Waals surface area contributed by atoms with Gasteiger partial charge in [0.2, 0.25) is 0 Å². The minimum absolute atomic E-state index is 0.0149. The van der Waals surface area contributed by atoms with Gasteiger partial charge in [0.1, 0.15) is 0 Å². The molecule has 8 heteroatoms. The van der Waals surface area contributed by atoms with Crippen LogP contribution in [0.1, 0.15) is 61.8 Å². The van der Waals surface area contributed by atoms with Gasteiger partial charge in [-0.3, -0.25) is 14.3 Å². The molecule has 1 atom stereocenters. The Morgan fingerprint density at radius 1 is 1.29 bits per heavy atom. The number of esters is 1. The minimum atomic E-state index is -0.314. The fraction of sp³-hybridized carbons (Fsp3) is 0.783. The molecule has 1 N–H and O–H groups in total. The van der Waals surface area contributed by atoms with Crippen LogP contribution in [-0.4, -0.2) is 61.2 Å². The summed E-state index contributed by atoms with van der Waals surface area (Å²) in [5.74, 6) is -0.355. The van der Waals surface area contributed by atoms with E-state index in [1.807, 2.05) is 11.6 Å². The van der Waals surface area contributed by atoms with E-state index in [1.165, 1.54) is 0 Å². The van der Waals surface area contributed by atoms with Crippen LogP contribution in [-0.2, 0) is 38.4 Å². The molecule has 1 amide bonds. The molecule has 1 unspecified atom stereocenters. The van der Waals surface area contributed by atoms with Gasteiger partial charge in [-0.1, -0.05) is 20.8 Å². The van der Waals surface area contributed by atoms with Crippen molar-refractivity contribution in [1.29, 1.82) is 0 Å². The van der Waals surface area contributed by atoms with E-state index < -0.39 is 0 Å². The fourth-order valence-electron chi connectivity index (χ4n) is 4.86. The Labute approximate surface area is 184 Å². The molecule has 2 fully saturated rings. The quantitative estimate of drug-likeness (QED) is 0.691. The molecule has 0 aromatic carbocycles. The number of amides is 1. The monoisotopic (exact) mass is 433 g/mol. The lowest BCUT2D eigenvalue weighted by Crippen LogP contribution is -2.41. The number of aromatic nitrogens is 2. The molecule has 0 bridgehead atoms. The van der Waals surface area contributed by atoms with Crippen LogP contribution in [0.25, 0.3) is 0 Å². The van der Waals surface area contributed by atoms with Gasteiger partial charge in [-0.15, -0.1) is 0 Å². The number of nitrogens with one attached hydrogen (secondary N) is 1. The van der Waals surface area contributed by atoms with Gasteiger partial charge in [0.25, 0.3) is 5.91 Å². The van der Waals surface area contributed by atoms with Crippen LogP contribution in [0.15, 0.2) is 0 Å². The zero-order valence-corrected chi connectivity index (χ0v) is 19.0. The molecule has 0 saturated carbocycles. The Balaban J connectivity index is 1.54. The lowest BCUT2D eigenvalue weighted by molar-refractivity contribution is -0.151. The third-order valence-electron chi connectivity index (χ3n) is 6.86. The predicted molar refractivity (Wildman–Crippen MR) is 114 cm³/mol. The van der Waals surface area contributed by atoms with E-state index in [1.54, 1.807) is 0 Å². The average molecular weight is 434 g/mol. The van der Waals surface area contributed by atoms with Crippen LogP contribution in [0.2, 0.25) is 0 Å². The molecule has 4 rings (SSSR count). The molecule has 1 aromatic rings. The molecule has 172 valence electrons. The van der Waals surface area contributed by atoms with Gasteiger partial charge in [0.15, 0.2) is 0 Å². The highest BCUT2D eigenvalue weighted by Crippen LogP contribution is 2.38. The summed E-state index contributed by atoms with van der Waals surface area (Å²) in [5.41, 5.74) is 2.29. The molecule has 3 aliphatic rings. The third-order valence-corrected chi connectivity index (χ3v) is 6.86. The Morgan fingerprint density at radius 3 is 2.74 bits per heavy atom. The standard InChI is InChI=1S/C23H35N3O5/c1-4-17-19-18(11-23(13-24-20(19)27)6-9-29-10-7-23)26(25-17)14-22(2,3)15-31-21(28)16-5-8-30-12-16/h16H,4-15H2,1-3H3,(H,24,27). The van der Waals surface area contributed by atoms with Crippen molar-refractivity contribution in [3.63, 3.8) is 0 Å². The van der Waals surface area contributed by atoms with Gasteiger partial charge in [-0.2, -0.15) is 5.10 Å². The SMILES string of the molecule is CCc1nn(CC(C)(C)COC(=O)C2CCOC2)c2c1C(=O)NCC1(CCOCC1)C2. The van der Waals surface area contributed by atoms with Crippen LogP contribution >= 0.6 is 0 Å². The second-order valence-corrected chi connectivity index (χ2v) is 10.1. The van der Waals surface area contributed by atoms with Crippen molar-refractivity contribution in [3.05, 3.63) is 17.0 Å². The number of aryl methyl sites for hydroxylation is 1. The molecule has 1 spiro atoms. The van der Waals surface area contributed by atoms with Crippen molar-refractivity contribution < 1.29 is 23.8 Å². The number of hydrogen-bond donors (Lipinski definition) is 1. The van der Waals surface area contributed by atoms with Crippen molar-refractivity contribution in [1.82, 2.24) is 15.1 Å². The lowest BCUT2D eigenvalue weighted by Gasteiger charge is -2.36. The highest BCUT2D eigenvalue weighted by atomic mass is 16.5. The van der Waals surface area contributed by atoms with E-state index >= 15 is 0 Å². The molecule has 8 nitrogen and oxygen atoms in total. The van der Waals surface area contributed by atoms with Gasteiger partial charge in [-0.05, 0) is 37.5 Å². The Kier molecular flexibility index (Phi) is 6.40. The molecule has 0 aliphatic carbocycles. The zero-order chi connectivity index (χ0) is 22.1. The number of hydrogen-bond acceptors (Lipinski definition) is 6. The number of fused-ring (bicyclic) bond motifs is 1. The summed E-state index contributed by atoms with van der Waals surface area (Å²) >= 11 is 0. The summed E-state index contributed by atoms with van der Waals surface area (Å²) in [6, 6.07) is 0. The number of ether oxygens (including phenoxy) is 3. The number of rotatable bonds is 6. The summed E-state index contributed by atoms with van der Waals surface area (Å²) in [6.07, 6.45) is 4.11. The van der Waals surface area contributed by atoms with E-state index in [4.69, 9.17) is 19.3 Å². The van der Waals surface area contributed by atoms with Crippen LogP contribution in [0.4, 0.5) is 0 Å². The Morgan fingerprint density at radius 2 is 2.06 bits per heavy atom. The van der Waals surface area contributed by atoms with Crippen molar-refractivity contribution in [2.45, 2.75) is 59.4 Å². The first-order valence-electron chi connectivity index (χ1n) is 11.5. The molecular weight excluding hydrogens is 398 g/mol. The summed E-state index contributed by atoms with van der Waals surface area (Å²) in [5, 5.41) is 7.99. The maximum absolute atomic E-state index is 13.0. The first kappa shape index (κ1) is 22.3. The summed E-state index contributed by atoms with van der Waals surface area (Å²) in [6.45, 7) is 10.3. The van der Waals surface area contributed by atoms with Gasteiger partial charge >= 0.3 is 5.97 Å². The number of nitrogens with zero attached hydrogens (tertiary/aromatic N) is 2. The van der Waals surface area contributed by atoms with Crippen molar-refractivity contribution in [3.8, 4) is 0 Å². The van der Waals surface area contributed by atoms with Gasteiger partial charge in [0.05, 0.1) is 36.1 Å². The first-order valence-corrected chi connectivity index (χ1v) is 11.5. The van der Waals surface area contributed by atoms with Crippen LogP contribution in [0.3, 0.4) is 0 Å². The molecule has 2 saturated heterocycles. The average Bonchev–Trinajstić information content (AvgIpc) is 3.37. The minimum Gasteiger partial charge on any atom is -0.465 e. The van der Waals surface area contributed by atoms with Gasteiger partial charge < -0.3 is 19.5 Å². The van der Waals surface area contributed by atoms with Crippen molar-refractivity contribution in [2.24, 2.45) is 16.7 Å². The molecular formula is C23H35N3O5. The zero-order valence-electron chi connectivity index (χ0n) is 19.0. The van der Waals surface area contributed by atoms with Crippen LogP contribution < -0.4 is 5.32 Å². The largest absolute Gasteiger partial charge is 0.465 e. The summed E-state index contributed by atoms with van der Waals surface area (Å²) in [4.78, 5) is 25.3.